The predicted octanol–water partition coefficient (Wildman–Crippen LogP) is 3.37. The van der Waals surface area contributed by atoms with Crippen molar-refractivity contribution in [3.05, 3.63) is 34.4 Å². The minimum Gasteiger partial charge on any atom is -0.396 e. The summed E-state index contributed by atoms with van der Waals surface area (Å²) in [5.74, 6) is 0. The van der Waals surface area contributed by atoms with Gasteiger partial charge in [0.05, 0.1) is 0 Å². The van der Waals surface area contributed by atoms with Crippen LogP contribution in [0.15, 0.2) is 28.9 Å². The van der Waals surface area contributed by atoms with Gasteiger partial charge in [-0.25, -0.2) is 0 Å². The number of nitrogens with one attached hydrogen (secondary N) is 1. The third-order valence-electron chi connectivity index (χ3n) is 3.26. The highest BCUT2D eigenvalue weighted by Gasteiger charge is 2.28. The molecule has 2 rings (SSSR count). The Morgan fingerprint density at radius 3 is 2.72 bits per heavy atom. The first-order valence-corrected chi connectivity index (χ1v) is 6.38. The van der Waals surface area contributed by atoms with Gasteiger partial charge in [0, 0.05) is 39.6 Å². The van der Waals surface area contributed by atoms with Crippen molar-refractivity contribution in [1.29, 1.82) is 0 Å². The molecular formula is C13H18BrClN2O. The van der Waals surface area contributed by atoms with Crippen LogP contribution in [0.4, 0.5) is 0 Å². The average molecular weight is 334 g/mol. The number of hydrogen-bond donors (Lipinski definition) is 3. The van der Waals surface area contributed by atoms with Crippen LogP contribution in [0.5, 0.6) is 0 Å². The number of fused-ring (bicyclic) bond motifs is 1. The topological polar surface area (TPSA) is 62.0 Å². The second-order valence-corrected chi connectivity index (χ2v) is 5.97. The Hall–Kier alpha value is -0.550. The summed E-state index contributed by atoms with van der Waals surface area (Å²) < 4.78 is 1.03. The van der Waals surface area contributed by atoms with Gasteiger partial charge in [0.15, 0.2) is 0 Å². The fourth-order valence-electron chi connectivity index (χ4n) is 1.89. The lowest BCUT2D eigenvalue weighted by molar-refractivity contribution is 0.133. The zero-order valence-electron chi connectivity index (χ0n) is 10.4. The summed E-state index contributed by atoms with van der Waals surface area (Å²) in [7, 11) is 0. The lowest BCUT2D eigenvalue weighted by atomic mass is 9.82. The van der Waals surface area contributed by atoms with Crippen LogP contribution in [0.25, 0.3) is 10.9 Å². The Bertz CT molecular complexity index is 539. The van der Waals surface area contributed by atoms with E-state index in [0.29, 0.717) is 0 Å². The molecule has 0 aliphatic carbocycles. The van der Waals surface area contributed by atoms with E-state index in [1.54, 1.807) is 0 Å². The van der Waals surface area contributed by atoms with Gasteiger partial charge in [0.2, 0.25) is 0 Å². The quantitative estimate of drug-likeness (QED) is 0.806. The summed E-state index contributed by atoms with van der Waals surface area (Å²) in [6.07, 6.45) is 1.93. The van der Waals surface area contributed by atoms with E-state index in [2.05, 4.69) is 27.0 Å². The smallest absolute Gasteiger partial charge is 0.0500 e. The van der Waals surface area contributed by atoms with Gasteiger partial charge in [-0.05, 0) is 23.8 Å². The molecule has 0 bridgehead atoms. The highest BCUT2D eigenvalue weighted by atomic mass is 79.9. The molecule has 100 valence electrons. The number of aromatic nitrogens is 1. The maximum absolute atomic E-state index is 9.39. The number of nitrogens with two attached hydrogens (primary N) is 1. The molecule has 0 unspecified atom stereocenters. The van der Waals surface area contributed by atoms with Crippen molar-refractivity contribution in [3.8, 4) is 0 Å². The van der Waals surface area contributed by atoms with E-state index in [1.807, 2.05) is 32.2 Å². The summed E-state index contributed by atoms with van der Waals surface area (Å²) in [6.45, 7) is 4.00. The number of aliphatic hydroxyl groups is 1. The maximum atomic E-state index is 9.39. The van der Waals surface area contributed by atoms with Gasteiger partial charge >= 0.3 is 0 Å². The standard InChI is InChI=1S/C13H17BrN2O.ClH/c1-13(2,7-17)12(15)10-6-16-11-4-3-8(14)5-9(10)11;/h3-6,12,16-17H,7,15H2,1-2H3;1H/t12-;/m1./s1. The molecule has 0 fully saturated rings. The van der Waals surface area contributed by atoms with Crippen LogP contribution >= 0.6 is 28.3 Å². The molecule has 0 amide bonds. The largest absolute Gasteiger partial charge is 0.396 e. The van der Waals surface area contributed by atoms with Gasteiger partial charge in [0.1, 0.15) is 0 Å². The fraction of sp³-hybridized carbons (Fsp3) is 0.385. The normalized spacial score (nSPS) is 13.4. The number of rotatable bonds is 3. The Kier molecular flexibility index (Phi) is 4.84. The van der Waals surface area contributed by atoms with E-state index >= 15 is 0 Å². The van der Waals surface area contributed by atoms with E-state index in [-0.39, 0.29) is 30.5 Å². The molecular weight excluding hydrogens is 316 g/mol. The van der Waals surface area contributed by atoms with Crippen molar-refractivity contribution in [2.45, 2.75) is 19.9 Å². The SMILES string of the molecule is CC(C)(CO)[C@H](N)c1c[nH]c2ccc(Br)cc12.Cl. The second kappa shape index (κ2) is 5.61. The van der Waals surface area contributed by atoms with Crippen LogP contribution in [-0.2, 0) is 0 Å². The Balaban J connectivity index is 0.00000162. The molecule has 3 nitrogen and oxygen atoms in total. The van der Waals surface area contributed by atoms with Gasteiger partial charge in [0.25, 0.3) is 0 Å². The number of H-pyrrole nitrogens is 1. The highest BCUT2D eigenvalue weighted by molar-refractivity contribution is 9.10. The maximum Gasteiger partial charge on any atom is 0.0500 e. The second-order valence-electron chi connectivity index (χ2n) is 5.06. The fourth-order valence-corrected chi connectivity index (χ4v) is 2.25. The zero-order chi connectivity index (χ0) is 12.6. The average Bonchev–Trinajstić information content (AvgIpc) is 2.70. The van der Waals surface area contributed by atoms with Crippen molar-refractivity contribution >= 4 is 39.2 Å². The molecule has 0 spiro atoms. The highest BCUT2D eigenvalue weighted by Crippen LogP contribution is 2.35. The third-order valence-corrected chi connectivity index (χ3v) is 3.75. The lowest BCUT2D eigenvalue weighted by Crippen LogP contribution is -2.32. The van der Waals surface area contributed by atoms with Gasteiger partial charge in [-0.2, -0.15) is 0 Å². The molecule has 18 heavy (non-hydrogen) atoms. The van der Waals surface area contributed by atoms with E-state index in [1.165, 1.54) is 0 Å². The molecule has 0 saturated heterocycles. The number of benzene rings is 1. The van der Waals surface area contributed by atoms with Crippen molar-refractivity contribution < 1.29 is 5.11 Å². The monoisotopic (exact) mass is 332 g/mol. The molecule has 0 aliphatic rings. The Labute approximate surface area is 121 Å². The van der Waals surface area contributed by atoms with Crippen LogP contribution in [0.3, 0.4) is 0 Å². The van der Waals surface area contributed by atoms with Crippen LogP contribution in [-0.4, -0.2) is 16.7 Å². The van der Waals surface area contributed by atoms with Crippen LogP contribution in [0, 0.1) is 5.41 Å². The minimum atomic E-state index is -0.336. The summed E-state index contributed by atoms with van der Waals surface area (Å²) in [4.78, 5) is 3.21. The number of halogens is 2. The molecule has 2 aromatic rings. The summed E-state index contributed by atoms with van der Waals surface area (Å²) in [6, 6.07) is 5.86. The predicted molar refractivity (Wildman–Crippen MR) is 81.0 cm³/mol. The Morgan fingerprint density at radius 2 is 2.11 bits per heavy atom. The molecule has 1 heterocycles. The van der Waals surface area contributed by atoms with Crippen molar-refractivity contribution in [2.75, 3.05) is 6.61 Å². The zero-order valence-corrected chi connectivity index (χ0v) is 12.8. The van der Waals surface area contributed by atoms with Gasteiger partial charge in [-0.15, -0.1) is 12.4 Å². The van der Waals surface area contributed by atoms with Crippen molar-refractivity contribution in [2.24, 2.45) is 11.1 Å². The summed E-state index contributed by atoms with van der Waals surface area (Å²) in [5.41, 5.74) is 8.02. The van der Waals surface area contributed by atoms with E-state index in [4.69, 9.17) is 5.73 Å². The molecule has 5 heteroatoms. The molecule has 1 atom stereocenters. The van der Waals surface area contributed by atoms with Gasteiger partial charge < -0.3 is 15.8 Å². The number of hydrogen-bond acceptors (Lipinski definition) is 2. The minimum absolute atomic E-state index is 0. The Morgan fingerprint density at radius 1 is 1.44 bits per heavy atom. The summed E-state index contributed by atoms with van der Waals surface area (Å²) in [5, 5.41) is 10.5. The van der Waals surface area contributed by atoms with E-state index in [9.17, 15) is 5.11 Å². The van der Waals surface area contributed by atoms with Crippen LogP contribution in [0.1, 0.15) is 25.5 Å². The third kappa shape index (κ3) is 2.72. The molecule has 1 aromatic carbocycles. The number of aliphatic hydroxyl groups excluding tert-OH is 1. The molecule has 0 radical (unpaired) electrons. The first-order valence-electron chi connectivity index (χ1n) is 5.58. The van der Waals surface area contributed by atoms with E-state index in [0.717, 1.165) is 20.9 Å². The first-order chi connectivity index (χ1) is 7.95. The van der Waals surface area contributed by atoms with Gasteiger partial charge in [-0.1, -0.05) is 29.8 Å². The van der Waals surface area contributed by atoms with E-state index < -0.39 is 0 Å². The summed E-state index contributed by atoms with van der Waals surface area (Å²) >= 11 is 3.46. The van der Waals surface area contributed by atoms with Crippen LogP contribution < -0.4 is 5.73 Å². The molecule has 1 aromatic heterocycles. The molecule has 4 N–H and O–H groups in total. The molecule has 0 aliphatic heterocycles. The van der Waals surface area contributed by atoms with Gasteiger partial charge in [-0.3, -0.25) is 0 Å². The number of aromatic amines is 1. The first kappa shape index (κ1) is 15.5. The van der Waals surface area contributed by atoms with Crippen molar-refractivity contribution in [1.82, 2.24) is 4.98 Å². The van der Waals surface area contributed by atoms with Crippen LogP contribution in [0.2, 0.25) is 0 Å². The lowest BCUT2D eigenvalue weighted by Gasteiger charge is -2.29. The molecule has 0 saturated carbocycles. The van der Waals surface area contributed by atoms with Crippen molar-refractivity contribution in [3.63, 3.8) is 0 Å².